The number of aryl methyl sites for hydroxylation is 1. The van der Waals surface area contributed by atoms with Gasteiger partial charge in [-0.25, -0.2) is 0 Å². The summed E-state index contributed by atoms with van der Waals surface area (Å²) in [5, 5.41) is 2.80. The molecule has 5 N–H and O–H groups in total. The van der Waals surface area contributed by atoms with E-state index in [2.05, 4.69) is 10.3 Å². The molecule has 98 valence electrons. The van der Waals surface area contributed by atoms with Gasteiger partial charge in [0.2, 0.25) is 0 Å². The monoisotopic (exact) mass is 256 g/mol. The predicted molar refractivity (Wildman–Crippen MR) is 75.4 cm³/mol. The molecule has 0 aliphatic carbocycles. The Bertz CT molecular complexity index is 573. The maximum atomic E-state index is 11.9. The number of nitrogens with zero attached hydrogens (tertiary/aromatic N) is 1. The number of pyridine rings is 1. The van der Waals surface area contributed by atoms with Crippen molar-refractivity contribution in [3.63, 3.8) is 0 Å². The molecule has 0 unspecified atom stereocenters. The van der Waals surface area contributed by atoms with E-state index in [-0.39, 0.29) is 5.91 Å². The Balaban J connectivity index is 2.03. The molecule has 0 aliphatic rings. The third-order valence-electron chi connectivity index (χ3n) is 2.67. The zero-order chi connectivity index (χ0) is 13.8. The van der Waals surface area contributed by atoms with Gasteiger partial charge in [0.25, 0.3) is 5.91 Å². The quantitative estimate of drug-likeness (QED) is 0.725. The normalized spacial score (nSPS) is 10.2. The maximum absolute atomic E-state index is 11.9. The molecule has 0 aliphatic heterocycles. The number of hydrogen-bond donors (Lipinski definition) is 3. The average Bonchev–Trinajstić information content (AvgIpc) is 2.36. The van der Waals surface area contributed by atoms with Crippen LogP contribution in [0.15, 0.2) is 36.5 Å². The number of nitrogens with one attached hydrogen (secondary N) is 1. The summed E-state index contributed by atoms with van der Waals surface area (Å²) in [4.78, 5) is 16.1. The van der Waals surface area contributed by atoms with Crippen LogP contribution >= 0.6 is 0 Å². The fraction of sp³-hybridized carbons (Fsp3) is 0.143. The van der Waals surface area contributed by atoms with E-state index in [4.69, 9.17) is 11.5 Å². The Morgan fingerprint density at radius 1 is 1.21 bits per heavy atom. The fourth-order valence-electron chi connectivity index (χ4n) is 1.70. The Kier molecular flexibility index (Phi) is 3.66. The molecule has 5 heteroatoms. The number of benzene rings is 1. The van der Waals surface area contributed by atoms with Crippen molar-refractivity contribution >= 4 is 17.3 Å². The summed E-state index contributed by atoms with van der Waals surface area (Å²) in [6.07, 6.45) is 1.74. The zero-order valence-electron chi connectivity index (χ0n) is 10.7. The summed E-state index contributed by atoms with van der Waals surface area (Å²) in [7, 11) is 0. The second kappa shape index (κ2) is 5.39. The minimum Gasteiger partial charge on any atom is -0.399 e. The van der Waals surface area contributed by atoms with Crippen LogP contribution in [0.5, 0.6) is 0 Å². The SMILES string of the molecule is Cc1ccc(CNC(=O)c2cc(N)cc(N)c2)cn1. The van der Waals surface area contributed by atoms with Crippen LogP contribution in [-0.4, -0.2) is 10.9 Å². The highest BCUT2D eigenvalue weighted by Gasteiger charge is 2.07. The summed E-state index contributed by atoms with van der Waals surface area (Å²) in [5.74, 6) is -0.209. The number of anilines is 2. The molecule has 19 heavy (non-hydrogen) atoms. The largest absolute Gasteiger partial charge is 0.399 e. The molecule has 1 amide bonds. The van der Waals surface area contributed by atoms with E-state index in [0.29, 0.717) is 23.5 Å². The zero-order valence-corrected chi connectivity index (χ0v) is 10.7. The second-order valence-corrected chi connectivity index (χ2v) is 4.38. The third-order valence-corrected chi connectivity index (χ3v) is 2.67. The molecule has 0 atom stereocenters. The van der Waals surface area contributed by atoms with E-state index in [1.165, 1.54) is 0 Å². The Morgan fingerprint density at radius 2 is 1.89 bits per heavy atom. The number of carbonyl (C=O) groups is 1. The van der Waals surface area contributed by atoms with E-state index in [1.807, 2.05) is 19.1 Å². The van der Waals surface area contributed by atoms with Gasteiger partial charge in [0.15, 0.2) is 0 Å². The number of hydrogen-bond acceptors (Lipinski definition) is 4. The predicted octanol–water partition coefficient (Wildman–Crippen LogP) is 1.48. The van der Waals surface area contributed by atoms with Crippen LogP contribution in [0.2, 0.25) is 0 Å². The van der Waals surface area contributed by atoms with Crippen LogP contribution in [0.1, 0.15) is 21.6 Å². The van der Waals surface area contributed by atoms with Crippen molar-refractivity contribution in [2.75, 3.05) is 11.5 Å². The van der Waals surface area contributed by atoms with Gasteiger partial charge in [-0.3, -0.25) is 9.78 Å². The molecule has 1 aromatic carbocycles. The topological polar surface area (TPSA) is 94.0 Å². The van der Waals surface area contributed by atoms with Gasteiger partial charge in [-0.15, -0.1) is 0 Å². The first-order valence-corrected chi connectivity index (χ1v) is 5.90. The molecule has 0 saturated heterocycles. The highest BCUT2D eigenvalue weighted by Crippen LogP contribution is 2.13. The standard InChI is InChI=1S/C14H16N4O/c1-9-2-3-10(7-17-9)8-18-14(19)11-4-12(15)6-13(16)5-11/h2-7H,8,15-16H2,1H3,(H,18,19). The fourth-order valence-corrected chi connectivity index (χ4v) is 1.70. The molecule has 0 bridgehead atoms. The minimum absolute atomic E-state index is 0.209. The summed E-state index contributed by atoms with van der Waals surface area (Å²) in [5.41, 5.74) is 14.6. The molecule has 2 rings (SSSR count). The number of carbonyl (C=O) groups excluding carboxylic acids is 1. The van der Waals surface area contributed by atoms with E-state index in [0.717, 1.165) is 11.3 Å². The number of aromatic nitrogens is 1. The molecular weight excluding hydrogens is 240 g/mol. The highest BCUT2D eigenvalue weighted by atomic mass is 16.1. The smallest absolute Gasteiger partial charge is 0.251 e. The van der Waals surface area contributed by atoms with Crippen LogP contribution < -0.4 is 16.8 Å². The van der Waals surface area contributed by atoms with Gasteiger partial charge >= 0.3 is 0 Å². The molecular formula is C14H16N4O. The van der Waals surface area contributed by atoms with E-state index in [9.17, 15) is 4.79 Å². The molecule has 1 heterocycles. The van der Waals surface area contributed by atoms with Crippen molar-refractivity contribution in [2.45, 2.75) is 13.5 Å². The molecule has 1 aromatic heterocycles. The van der Waals surface area contributed by atoms with Gasteiger partial charge in [-0.05, 0) is 36.8 Å². The number of nitrogen functional groups attached to an aromatic ring is 2. The van der Waals surface area contributed by atoms with E-state index >= 15 is 0 Å². The first-order valence-electron chi connectivity index (χ1n) is 5.90. The number of nitrogens with two attached hydrogens (primary N) is 2. The van der Waals surface area contributed by atoms with Gasteiger partial charge in [0.05, 0.1) is 0 Å². The highest BCUT2D eigenvalue weighted by molar-refractivity contribution is 5.96. The molecule has 2 aromatic rings. The number of amides is 1. The summed E-state index contributed by atoms with van der Waals surface area (Å²) < 4.78 is 0. The second-order valence-electron chi connectivity index (χ2n) is 4.38. The Morgan fingerprint density at radius 3 is 2.47 bits per heavy atom. The molecule has 0 fully saturated rings. The number of rotatable bonds is 3. The van der Waals surface area contributed by atoms with Crippen LogP contribution in [0, 0.1) is 6.92 Å². The Labute approximate surface area is 111 Å². The van der Waals surface area contributed by atoms with E-state index < -0.39 is 0 Å². The van der Waals surface area contributed by atoms with Gasteiger partial charge in [-0.1, -0.05) is 6.07 Å². The lowest BCUT2D eigenvalue weighted by Gasteiger charge is -2.07. The molecule has 5 nitrogen and oxygen atoms in total. The van der Waals surface area contributed by atoms with Crippen LogP contribution in [-0.2, 0) is 6.54 Å². The van der Waals surface area contributed by atoms with Crippen LogP contribution in [0.3, 0.4) is 0 Å². The lowest BCUT2D eigenvalue weighted by atomic mass is 10.1. The first kappa shape index (κ1) is 12.9. The van der Waals surface area contributed by atoms with Gasteiger partial charge < -0.3 is 16.8 Å². The summed E-state index contributed by atoms with van der Waals surface area (Å²) >= 11 is 0. The maximum Gasteiger partial charge on any atom is 0.251 e. The van der Waals surface area contributed by atoms with Gasteiger partial charge in [0, 0.05) is 35.4 Å². The summed E-state index contributed by atoms with van der Waals surface area (Å²) in [6, 6.07) is 8.63. The molecule has 0 saturated carbocycles. The molecule has 0 spiro atoms. The minimum atomic E-state index is -0.209. The average molecular weight is 256 g/mol. The van der Waals surface area contributed by atoms with Crippen molar-refractivity contribution in [3.05, 3.63) is 53.3 Å². The van der Waals surface area contributed by atoms with Crippen LogP contribution in [0.4, 0.5) is 11.4 Å². The third kappa shape index (κ3) is 3.45. The van der Waals surface area contributed by atoms with Crippen molar-refractivity contribution in [3.8, 4) is 0 Å². The van der Waals surface area contributed by atoms with Crippen molar-refractivity contribution in [1.29, 1.82) is 0 Å². The van der Waals surface area contributed by atoms with Gasteiger partial charge in [0.1, 0.15) is 0 Å². The summed E-state index contributed by atoms with van der Waals surface area (Å²) in [6.45, 7) is 2.33. The van der Waals surface area contributed by atoms with E-state index in [1.54, 1.807) is 24.4 Å². The lowest BCUT2D eigenvalue weighted by Crippen LogP contribution is -2.23. The van der Waals surface area contributed by atoms with Crippen molar-refractivity contribution < 1.29 is 4.79 Å². The van der Waals surface area contributed by atoms with Gasteiger partial charge in [-0.2, -0.15) is 0 Å². The molecule has 0 radical (unpaired) electrons. The Hall–Kier alpha value is -2.56. The van der Waals surface area contributed by atoms with Crippen molar-refractivity contribution in [1.82, 2.24) is 10.3 Å². The lowest BCUT2D eigenvalue weighted by molar-refractivity contribution is 0.0951. The first-order chi connectivity index (χ1) is 9.04. The van der Waals surface area contributed by atoms with Crippen molar-refractivity contribution in [2.24, 2.45) is 0 Å². The van der Waals surface area contributed by atoms with Crippen LogP contribution in [0.25, 0.3) is 0 Å².